The van der Waals surface area contributed by atoms with Gasteiger partial charge < -0.3 is 15.5 Å². The van der Waals surface area contributed by atoms with Crippen molar-refractivity contribution >= 4 is 45.9 Å². The molecule has 1 saturated heterocycles. The molecule has 1 aromatic carbocycles. The van der Waals surface area contributed by atoms with E-state index >= 15 is 0 Å². The van der Waals surface area contributed by atoms with Crippen LogP contribution in [-0.2, 0) is 22.3 Å². The van der Waals surface area contributed by atoms with E-state index in [1.807, 2.05) is 27.5 Å². The molecule has 11 heteroatoms. The summed E-state index contributed by atoms with van der Waals surface area (Å²) in [6.07, 6.45) is -1.87. The van der Waals surface area contributed by atoms with Gasteiger partial charge in [-0.2, -0.15) is 13.2 Å². The van der Waals surface area contributed by atoms with E-state index in [9.17, 15) is 27.2 Å². The van der Waals surface area contributed by atoms with Crippen molar-refractivity contribution in [1.29, 1.82) is 0 Å². The Morgan fingerprint density at radius 2 is 1.94 bits per heavy atom. The second-order valence-corrected chi connectivity index (χ2v) is 10.0. The van der Waals surface area contributed by atoms with Gasteiger partial charge in [-0.3, -0.25) is 9.59 Å². The number of rotatable bonds is 7. The molecule has 194 valence electrons. The Kier molecular flexibility index (Phi) is 8.96. The zero-order valence-corrected chi connectivity index (χ0v) is 22.0. The minimum absolute atomic E-state index is 0.00632. The molecule has 0 aliphatic carbocycles. The predicted molar refractivity (Wildman–Crippen MR) is 138 cm³/mol. The number of halogens is 5. The highest BCUT2D eigenvalue weighted by atomic mass is 127. The number of hydrogen-bond acceptors (Lipinski definition) is 4. The Bertz CT molecular complexity index is 1120. The summed E-state index contributed by atoms with van der Waals surface area (Å²) in [6.45, 7) is 8.17. The van der Waals surface area contributed by atoms with Gasteiger partial charge in [0.25, 0.3) is 0 Å². The third-order valence-corrected chi connectivity index (χ3v) is 7.02. The topological polar surface area (TPSA) is 74.3 Å². The Hall–Kier alpha value is -2.70. The maximum atomic E-state index is 14.6. The van der Waals surface area contributed by atoms with Crippen molar-refractivity contribution in [2.75, 3.05) is 23.3 Å². The van der Waals surface area contributed by atoms with Crippen LogP contribution in [0.1, 0.15) is 49.4 Å². The fourth-order valence-electron chi connectivity index (χ4n) is 3.89. The first-order valence-corrected chi connectivity index (χ1v) is 12.5. The van der Waals surface area contributed by atoms with Gasteiger partial charge >= 0.3 is 6.18 Å². The summed E-state index contributed by atoms with van der Waals surface area (Å²) in [5, 5.41) is 5.14. The summed E-state index contributed by atoms with van der Waals surface area (Å²) >= 11 is 1.86. The van der Waals surface area contributed by atoms with Crippen molar-refractivity contribution in [3.05, 3.63) is 63.1 Å². The normalized spacial score (nSPS) is 15.4. The quantitative estimate of drug-likeness (QED) is 0.240. The van der Waals surface area contributed by atoms with Gasteiger partial charge in [-0.15, -0.1) is 0 Å². The molecule has 1 unspecified atom stereocenters. The van der Waals surface area contributed by atoms with Crippen molar-refractivity contribution in [2.45, 2.75) is 45.3 Å². The van der Waals surface area contributed by atoms with E-state index in [0.29, 0.717) is 33.7 Å². The van der Waals surface area contributed by atoms with Crippen LogP contribution in [0.4, 0.5) is 29.1 Å². The number of benzene rings is 1. The van der Waals surface area contributed by atoms with Crippen LogP contribution < -0.4 is 15.5 Å². The molecule has 6 nitrogen and oxygen atoms in total. The molecular weight excluding hydrogens is 591 g/mol. The van der Waals surface area contributed by atoms with Gasteiger partial charge in [-0.25, -0.2) is 9.37 Å². The van der Waals surface area contributed by atoms with Crippen LogP contribution in [-0.4, -0.2) is 29.9 Å². The lowest BCUT2D eigenvalue weighted by Crippen LogP contribution is -2.35. The van der Waals surface area contributed by atoms with Crippen LogP contribution in [0.3, 0.4) is 0 Å². The number of alkyl halides is 3. The molecule has 2 heterocycles. The predicted octanol–water partition coefficient (Wildman–Crippen LogP) is 5.62. The Balaban J connectivity index is 1.78. The zero-order chi connectivity index (χ0) is 26.6. The summed E-state index contributed by atoms with van der Waals surface area (Å²) in [6, 6.07) is 5.01. The van der Waals surface area contributed by atoms with Crippen molar-refractivity contribution in [2.24, 2.45) is 5.92 Å². The van der Waals surface area contributed by atoms with E-state index in [-0.39, 0.29) is 18.1 Å². The van der Waals surface area contributed by atoms with Crippen LogP contribution in [0.15, 0.2) is 36.9 Å². The summed E-state index contributed by atoms with van der Waals surface area (Å²) in [5.41, 5.74) is -0.121. The van der Waals surface area contributed by atoms with Crippen LogP contribution >= 0.6 is 22.6 Å². The van der Waals surface area contributed by atoms with Gasteiger partial charge in [0, 0.05) is 28.8 Å². The molecule has 0 bridgehead atoms. The number of hydrogen-bond donors (Lipinski definition) is 2. The molecule has 1 aliphatic rings. The summed E-state index contributed by atoms with van der Waals surface area (Å²) in [4.78, 5) is 30.1. The van der Waals surface area contributed by atoms with Crippen molar-refractivity contribution < 1.29 is 27.2 Å². The maximum Gasteiger partial charge on any atom is 0.433 e. The van der Waals surface area contributed by atoms with Gasteiger partial charge in [-0.1, -0.05) is 19.6 Å². The maximum absolute atomic E-state index is 14.6. The fourth-order valence-corrected chi connectivity index (χ4v) is 4.64. The third-order valence-electron chi connectivity index (χ3n) is 6.17. The smallest absolute Gasteiger partial charge is 0.356 e. The lowest BCUT2D eigenvalue weighted by Gasteiger charge is -2.33. The number of anilines is 2. The Morgan fingerprint density at radius 3 is 2.53 bits per heavy atom. The van der Waals surface area contributed by atoms with Crippen LogP contribution in [0.25, 0.3) is 0 Å². The van der Waals surface area contributed by atoms with Crippen molar-refractivity contribution in [3.8, 4) is 0 Å². The Labute approximate surface area is 220 Å². The van der Waals surface area contributed by atoms with Crippen LogP contribution in [0.2, 0.25) is 0 Å². The monoisotopic (exact) mass is 618 g/mol. The Morgan fingerprint density at radius 1 is 1.28 bits per heavy atom. The SMILES string of the molecule is C=CC(=O)Nc1c(F)cc(C(C)C(=O)NCc2ccc(C(F)(F)F)nc2N2CCC(C)CC2)cc1I. The minimum Gasteiger partial charge on any atom is -0.356 e. The number of nitrogens with zero attached hydrogens (tertiary/aromatic N) is 2. The second-order valence-electron chi connectivity index (χ2n) is 8.84. The third kappa shape index (κ3) is 6.74. The first kappa shape index (κ1) is 27.9. The number of amides is 2. The van der Waals surface area contributed by atoms with E-state index in [4.69, 9.17) is 0 Å². The molecule has 2 N–H and O–H groups in total. The number of carbonyl (C=O) groups is 2. The van der Waals surface area contributed by atoms with Crippen molar-refractivity contribution in [3.63, 3.8) is 0 Å². The highest BCUT2D eigenvalue weighted by Crippen LogP contribution is 2.32. The van der Waals surface area contributed by atoms with Gasteiger partial charge in [0.1, 0.15) is 17.3 Å². The largest absolute Gasteiger partial charge is 0.433 e. The molecule has 2 amide bonds. The van der Waals surface area contributed by atoms with E-state index < -0.39 is 35.4 Å². The lowest BCUT2D eigenvalue weighted by atomic mass is 9.98. The van der Waals surface area contributed by atoms with E-state index in [2.05, 4.69) is 29.1 Å². The minimum atomic E-state index is -4.58. The average molecular weight is 618 g/mol. The second kappa shape index (κ2) is 11.6. The zero-order valence-electron chi connectivity index (χ0n) is 19.9. The average Bonchev–Trinajstić information content (AvgIpc) is 2.83. The summed E-state index contributed by atoms with van der Waals surface area (Å²) in [7, 11) is 0. The number of aromatic nitrogens is 1. The molecule has 0 radical (unpaired) electrons. The number of nitrogens with one attached hydrogen (secondary N) is 2. The summed E-state index contributed by atoms with van der Waals surface area (Å²) in [5.74, 6) is -1.73. The van der Waals surface area contributed by atoms with Gasteiger partial charge in [0.2, 0.25) is 11.8 Å². The molecular formula is C25H27F4IN4O2. The highest BCUT2D eigenvalue weighted by molar-refractivity contribution is 14.1. The van der Waals surface area contributed by atoms with Gasteiger partial charge in [-0.05, 0) is 78.1 Å². The molecule has 0 saturated carbocycles. The molecule has 2 aromatic rings. The lowest BCUT2D eigenvalue weighted by molar-refractivity contribution is -0.141. The molecule has 1 fully saturated rings. The molecule has 36 heavy (non-hydrogen) atoms. The van der Waals surface area contributed by atoms with E-state index in [1.54, 1.807) is 13.0 Å². The standard InChI is InChI=1S/C25H27F4IN4O2/c1-4-21(35)33-22-18(26)11-17(12-19(22)30)15(3)24(36)31-13-16-5-6-20(25(27,28)29)32-23(16)34-9-7-14(2)8-10-34/h4-6,11-12,14-15H,1,7-10,13H2,2-3H3,(H,31,36)(H,33,35). The number of piperidine rings is 1. The molecule has 0 spiro atoms. The molecule has 1 atom stereocenters. The fraction of sp³-hybridized carbons (Fsp3) is 0.400. The van der Waals surface area contributed by atoms with Gasteiger partial charge in [0.15, 0.2) is 0 Å². The highest BCUT2D eigenvalue weighted by Gasteiger charge is 2.34. The molecule has 1 aliphatic heterocycles. The van der Waals surface area contributed by atoms with Gasteiger partial charge in [0.05, 0.1) is 11.6 Å². The molecule has 1 aromatic heterocycles. The van der Waals surface area contributed by atoms with Crippen molar-refractivity contribution in [1.82, 2.24) is 10.3 Å². The van der Waals surface area contributed by atoms with E-state index in [1.165, 1.54) is 12.1 Å². The number of pyridine rings is 1. The number of carbonyl (C=O) groups excluding carboxylic acids is 2. The first-order valence-electron chi connectivity index (χ1n) is 11.4. The van der Waals surface area contributed by atoms with E-state index in [0.717, 1.165) is 25.0 Å². The van der Waals surface area contributed by atoms with Crippen LogP contribution in [0, 0.1) is 15.3 Å². The molecule has 3 rings (SSSR count). The van der Waals surface area contributed by atoms with Crippen LogP contribution in [0.5, 0.6) is 0 Å². The first-order chi connectivity index (χ1) is 16.9. The summed E-state index contributed by atoms with van der Waals surface area (Å²) < 4.78 is 55.0.